The minimum atomic E-state index is 0.0934. The normalized spacial score (nSPS) is 17.0. The number of aromatic nitrogens is 2. The monoisotopic (exact) mass is 356 g/mol. The van der Waals surface area contributed by atoms with Gasteiger partial charge in [0.05, 0.1) is 11.3 Å². The molecule has 2 aliphatic heterocycles. The maximum atomic E-state index is 12.9. The summed E-state index contributed by atoms with van der Waals surface area (Å²) in [4.78, 5) is 17.2. The molecule has 0 unspecified atom stereocenters. The van der Waals surface area contributed by atoms with Gasteiger partial charge in [0.25, 0.3) is 5.91 Å². The molecule has 7 nitrogen and oxygen atoms in total. The van der Waals surface area contributed by atoms with Crippen LogP contribution in [0.1, 0.15) is 27.3 Å². The van der Waals surface area contributed by atoms with Crippen molar-refractivity contribution in [2.45, 2.75) is 20.4 Å². The van der Waals surface area contributed by atoms with Gasteiger partial charge >= 0.3 is 0 Å². The first-order valence-electron chi connectivity index (χ1n) is 8.93. The Labute approximate surface area is 153 Å². The van der Waals surface area contributed by atoms with Gasteiger partial charge in [-0.1, -0.05) is 6.07 Å². The second-order valence-electron chi connectivity index (χ2n) is 6.93. The van der Waals surface area contributed by atoms with E-state index in [0.717, 1.165) is 61.2 Å². The fourth-order valence-electron chi connectivity index (χ4n) is 3.65. The number of rotatable bonds is 3. The van der Waals surface area contributed by atoms with Crippen LogP contribution in [0.25, 0.3) is 0 Å². The van der Waals surface area contributed by atoms with E-state index in [-0.39, 0.29) is 5.91 Å². The molecule has 0 saturated carbocycles. The smallest absolute Gasteiger partial charge is 0.257 e. The van der Waals surface area contributed by atoms with Gasteiger partial charge < -0.3 is 14.4 Å². The van der Waals surface area contributed by atoms with E-state index in [1.165, 1.54) is 5.56 Å². The van der Waals surface area contributed by atoms with Crippen molar-refractivity contribution in [1.82, 2.24) is 19.6 Å². The van der Waals surface area contributed by atoms with Crippen molar-refractivity contribution in [3.05, 3.63) is 40.7 Å². The third kappa shape index (κ3) is 3.03. The number of hydrogen-bond donors (Lipinski definition) is 0. The average molecular weight is 356 g/mol. The molecule has 4 rings (SSSR count). The predicted molar refractivity (Wildman–Crippen MR) is 96.4 cm³/mol. The lowest BCUT2D eigenvalue weighted by atomic mass is 10.1. The first-order valence-corrected chi connectivity index (χ1v) is 8.93. The molecule has 26 heavy (non-hydrogen) atoms. The summed E-state index contributed by atoms with van der Waals surface area (Å²) in [5, 5.41) is 4.36. The van der Waals surface area contributed by atoms with E-state index in [1.807, 2.05) is 37.9 Å². The van der Waals surface area contributed by atoms with Crippen LogP contribution in [-0.2, 0) is 13.6 Å². The first kappa shape index (κ1) is 16.9. The third-order valence-electron chi connectivity index (χ3n) is 5.23. The molecule has 1 aromatic heterocycles. The van der Waals surface area contributed by atoms with Gasteiger partial charge in [0.15, 0.2) is 11.5 Å². The van der Waals surface area contributed by atoms with E-state index >= 15 is 0 Å². The molecule has 138 valence electrons. The highest BCUT2D eigenvalue weighted by molar-refractivity contribution is 5.96. The maximum Gasteiger partial charge on any atom is 0.257 e. The van der Waals surface area contributed by atoms with Crippen molar-refractivity contribution >= 4 is 5.91 Å². The van der Waals surface area contributed by atoms with Gasteiger partial charge in [0.1, 0.15) is 0 Å². The van der Waals surface area contributed by atoms with Crippen LogP contribution in [0.15, 0.2) is 18.2 Å². The van der Waals surface area contributed by atoms with Gasteiger partial charge in [-0.2, -0.15) is 5.10 Å². The number of benzene rings is 1. The molecule has 3 heterocycles. The molecule has 1 amide bonds. The molecule has 1 aromatic carbocycles. The van der Waals surface area contributed by atoms with Crippen molar-refractivity contribution in [1.29, 1.82) is 0 Å². The van der Waals surface area contributed by atoms with Crippen molar-refractivity contribution in [2.24, 2.45) is 7.05 Å². The summed E-state index contributed by atoms with van der Waals surface area (Å²) in [5.74, 6) is 1.72. The molecule has 2 aromatic rings. The highest BCUT2D eigenvalue weighted by atomic mass is 16.7. The molecule has 1 saturated heterocycles. The number of carbonyl (C=O) groups excluding carboxylic acids is 1. The number of piperazine rings is 1. The van der Waals surface area contributed by atoms with Crippen LogP contribution >= 0.6 is 0 Å². The fraction of sp³-hybridized carbons (Fsp3) is 0.474. The zero-order valence-corrected chi connectivity index (χ0v) is 15.5. The Morgan fingerprint density at radius 1 is 1.12 bits per heavy atom. The second kappa shape index (κ2) is 6.64. The van der Waals surface area contributed by atoms with Crippen LogP contribution < -0.4 is 9.47 Å². The number of amides is 1. The van der Waals surface area contributed by atoms with Gasteiger partial charge in [-0.3, -0.25) is 14.4 Å². The summed E-state index contributed by atoms with van der Waals surface area (Å²) < 4.78 is 12.6. The molecule has 2 aliphatic rings. The summed E-state index contributed by atoms with van der Waals surface area (Å²) >= 11 is 0. The fourth-order valence-corrected chi connectivity index (χ4v) is 3.65. The third-order valence-corrected chi connectivity index (χ3v) is 5.23. The zero-order valence-electron chi connectivity index (χ0n) is 15.5. The Hall–Kier alpha value is -2.54. The Morgan fingerprint density at radius 3 is 2.54 bits per heavy atom. The average Bonchev–Trinajstić information content (AvgIpc) is 3.19. The molecular weight excluding hydrogens is 332 g/mol. The van der Waals surface area contributed by atoms with E-state index in [0.29, 0.717) is 6.79 Å². The number of hydrogen-bond acceptors (Lipinski definition) is 5. The summed E-state index contributed by atoms with van der Waals surface area (Å²) in [6, 6.07) is 6.08. The molecule has 0 spiro atoms. The highest BCUT2D eigenvalue weighted by Gasteiger charge is 2.26. The summed E-state index contributed by atoms with van der Waals surface area (Å²) in [5.41, 5.74) is 3.68. The lowest BCUT2D eigenvalue weighted by Crippen LogP contribution is -2.48. The Morgan fingerprint density at radius 2 is 1.85 bits per heavy atom. The van der Waals surface area contributed by atoms with Crippen LogP contribution in [-0.4, -0.2) is 58.5 Å². The largest absolute Gasteiger partial charge is 0.454 e. The molecule has 0 N–H and O–H groups in total. The number of fused-ring (bicyclic) bond motifs is 1. The lowest BCUT2D eigenvalue weighted by molar-refractivity contribution is 0.0627. The van der Waals surface area contributed by atoms with Crippen LogP contribution in [0.3, 0.4) is 0 Å². The van der Waals surface area contributed by atoms with E-state index < -0.39 is 0 Å². The van der Waals surface area contributed by atoms with Crippen molar-refractivity contribution in [3.63, 3.8) is 0 Å². The molecule has 7 heteroatoms. The molecule has 0 bridgehead atoms. The summed E-state index contributed by atoms with van der Waals surface area (Å²) in [6.45, 7) is 8.18. The quantitative estimate of drug-likeness (QED) is 0.838. The number of carbonyl (C=O) groups is 1. The van der Waals surface area contributed by atoms with Gasteiger partial charge in [-0.15, -0.1) is 0 Å². The SMILES string of the molecule is Cc1nn(C)c(C)c1C(=O)N1CCN(Cc2ccc3c(c2)OCO3)CC1. The van der Waals surface area contributed by atoms with E-state index in [1.54, 1.807) is 4.68 Å². The number of nitrogens with zero attached hydrogens (tertiary/aromatic N) is 4. The van der Waals surface area contributed by atoms with Crippen LogP contribution in [0.5, 0.6) is 11.5 Å². The zero-order chi connectivity index (χ0) is 18.3. The Kier molecular flexibility index (Phi) is 4.32. The second-order valence-corrected chi connectivity index (χ2v) is 6.93. The summed E-state index contributed by atoms with van der Waals surface area (Å²) in [6.07, 6.45) is 0. The van der Waals surface area contributed by atoms with E-state index in [2.05, 4.69) is 16.1 Å². The lowest BCUT2D eigenvalue weighted by Gasteiger charge is -2.34. The first-order chi connectivity index (χ1) is 12.5. The minimum absolute atomic E-state index is 0.0934. The van der Waals surface area contributed by atoms with Gasteiger partial charge in [-0.25, -0.2) is 0 Å². The van der Waals surface area contributed by atoms with E-state index in [4.69, 9.17) is 9.47 Å². The standard InChI is InChI=1S/C19H24N4O3/c1-13-18(14(2)21(3)20-13)19(24)23-8-6-22(7-9-23)11-15-4-5-16-17(10-15)26-12-25-16/h4-5,10H,6-9,11-12H2,1-3H3. The molecule has 1 fully saturated rings. The van der Waals surface area contributed by atoms with Gasteiger partial charge in [-0.05, 0) is 31.5 Å². The molecular formula is C19H24N4O3. The topological polar surface area (TPSA) is 59.8 Å². The Bertz CT molecular complexity index is 838. The van der Waals surface area contributed by atoms with Crippen molar-refractivity contribution in [3.8, 4) is 11.5 Å². The van der Waals surface area contributed by atoms with Crippen LogP contribution in [0.2, 0.25) is 0 Å². The maximum absolute atomic E-state index is 12.9. The van der Waals surface area contributed by atoms with Crippen molar-refractivity contribution < 1.29 is 14.3 Å². The molecule has 0 atom stereocenters. The molecule has 0 aliphatic carbocycles. The van der Waals surface area contributed by atoms with Gasteiger partial charge in [0, 0.05) is 45.5 Å². The minimum Gasteiger partial charge on any atom is -0.454 e. The highest BCUT2D eigenvalue weighted by Crippen LogP contribution is 2.32. The molecule has 0 radical (unpaired) electrons. The summed E-state index contributed by atoms with van der Waals surface area (Å²) in [7, 11) is 1.88. The van der Waals surface area contributed by atoms with Crippen LogP contribution in [0.4, 0.5) is 0 Å². The Balaban J connectivity index is 1.37. The van der Waals surface area contributed by atoms with Crippen LogP contribution in [0, 0.1) is 13.8 Å². The van der Waals surface area contributed by atoms with Gasteiger partial charge in [0.2, 0.25) is 6.79 Å². The van der Waals surface area contributed by atoms with E-state index in [9.17, 15) is 4.79 Å². The number of aryl methyl sites for hydroxylation is 2. The number of ether oxygens (including phenoxy) is 2. The predicted octanol–water partition coefficient (Wildman–Crippen LogP) is 1.72. The van der Waals surface area contributed by atoms with Crippen molar-refractivity contribution in [2.75, 3.05) is 33.0 Å².